The number of carbonyl (C=O) groups excluding carboxylic acids is 1. The monoisotopic (exact) mass is 373 g/mol. The van der Waals surface area contributed by atoms with E-state index in [0.29, 0.717) is 30.3 Å². The molecule has 0 heterocycles. The van der Waals surface area contributed by atoms with Crippen LogP contribution in [-0.4, -0.2) is 37.3 Å². The Morgan fingerprint density at radius 2 is 1.81 bits per heavy atom. The first kappa shape index (κ1) is 20.2. The molecule has 2 aromatic carbocycles. The smallest absolute Gasteiger partial charge is 0.232 e. The highest BCUT2D eigenvalue weighted by molar-refractivity contribution is 7.99. The average Bonchev–Trinajstić information content (AvgIpc) is 2.65. The van der Waals surface area contributed by atoms with Crippen LogP contribution < -0.4 is 9.47 Å². The molecule has 2 aromatic rings. The predicted molar refractivity (Wildman–Crippen MR) is 108 cm³/mol. The molecular formula is C21H27NO3S. The lowest BCUT2D eigenvalue weighted by atomic mass is 10.2. The van der Waals surface area contributed by atoms with Crippen LogP contribution in [0.4, 0.5) is 0 Å². The van der Waals surface area contributed by atoms with Gasteiger partial charge in [0.25, 0.3) is 0 Å². The number of carbonyl (C=O) groups is 1. The number of amides is 1. The van der Waals surface area contributed by atoms with Gasteiger partial charge in [0.1, 0.15) is 0 Å². The lowest BCUT2D eigenvalue weighted by Gasteiger charge is -2.21. The number of thioether (sulfide) groups is 1. The normalized spacial score (nSPS) is 10.5. The van der Waals surface area contributed by atoms with Crippen LogP contribution in [0.1, 0.15) is 23.6 Å². The number of aryl methyl sites for hydroxylation is 1. The minimum absolute atomic E-state index is 0.153. The average molecular weight is 374 g/mol. The predicted octanol–water partition coefficient (Wildman–Crippen LogP) is 4.29. The van der Waals surface area contributed by atoms with E-state index in [9.17, 15) is 4.79 Å². The van der Waals surface area contributed by atoms with Gasteiger partial charge in [-0.2, -0.15) is 0 Å². The Balaban J connectivity index is 1.91. The molecule has 0 N–H and O–H groups in total. The fraction of sp³-hybridized carbons (Fsp3) is 0.381. The summed E-state index contributed by atoms with van der Waals surface area (Å²) in [5, 5.41) is 0. The van der Waals surface area contributed by atoms with Crippen LogP contribution in [0, 0.1) is 6.92 Å². The van der Waals surface area contributed by atoms with Crippen molar-refractivity contribution in [3.05, 3.63) is 59.2 Å². The number of nitrogens with zero attached hydrogens (tertiary/aromatic N) is 1. The highest BCUT2D eigenvalue weighted by Gasteiger charge is 2.14. The van der Waals surface area contributed by atoms with E-state index in [2.05, 4.69) is 31.2 Å². The molecule has 0 spiro atoms. The maximum Gasteiger partial charge on any atom is 0.232 e. The summed E-state index contributed by atoms with van der Waals surface area (Å²) >= 11 is 1.66. The zero-order valence-electron chi connectivity index (χ0n) is 16.0. The van der Waals surface area contributed by atoms with Gasteiger partial charge in [-0.05, 0) is 37.1 Å². The third-order valence-corrected chi connectivity index (χ3v) is 5.12. The van der Waals surface area contributed by atoms with Crippen molar-refractivity contribution < 1.29 is 14.3 Å². The summed E-state index contributed by atoms with van der Waals surface area (Å²) in [5.74, 6) is 2.86. The minimum Gasteiger partial charge on any atom is -0.493 e. The summed E-state index contributed by atoms with van der Waals surface area (Å²) in [6.07, 6.45) is 0. The lowest BCUT2D eigenvalue weighted by Crippen LogP contribution is -2.31. The van der Waals surface area contributed by atoms with Gasteiger partial charge in [-0.1, -0.05) is 35.9 Å². The van der Waals surface area contributed by atoms with Crippen LogP contribution in [0.25, 0.3) is 0 Å². The molecule has 0 radical (unpaired) electrons. The van der Waals surface area contributed by atoms with Gasteiger partial charge in [0.15, 0.2) is 11.5 Å². The quantitative estimate of drug-likeness (QED) is 0.657. The van der Waals surface area contributed by atoms with E-state index in [4.69, 9.17) is 9.47 Å². The van der Waals surface area contributed by atoms with Crippen molar-refractivity contribution >= 4 is 17.7 Å². The van der Waals surface area contributed by atoms with E-state index < -0.39 is 0 Å². The Hall–Kier alpha value is -2.14. The van der Waals surface area contributed by atoms with Crippen LogP contribution >= 0.6 is 11.8 Å². The molecule has 0 fully saturated rings. The minimum atomic E-state index is 0.153. The number of hydrogen-bond donors (Lipinski definition) is 0. The Morgan fingerprint density at radius 1 is 1.04 bits per heavy atom. The highest BCUT2D eigenvalue weighted by atomic mass is 32.2. The van der Waals surface area contributed by atoms with Gasteiger partial charge in [-0.3, -0.25) is 4.79 Å². The zero-order chi connectivity index (χ0) is 18.9. The van der Waals surface area contributed by atoms with E-state index in [1.807, 2.05) is 30.0 Å². The molecule has 26 heavy (non-hydrogen) atoms. The molecule has 0 aliphatic rings. The van der Waals surface area contributed by atoms with E-state index in [1.165, 1.54) is 11.1 Å². The Bertz CT molecular complexity index is 733. The maximum absolute atomic E-state index is 12.6. The van der Waals surface area contributed by atoms with Crippen molar-refractivity contribution in [2.75, 3.05) is 26.5 Å². The van der Waals surface area contributed by atoms with E-state index in [-0.39, 0.29) is 5.91 Å². The van der Waals surface area contributed by atoms with Crippen LogP contribution in [0.3, 0.4) is 0 Å². The number of benzene rings is 2. The van der Waals surface area contributed by atoms with Crippen LogP contribution in [0.2, 0.25) is 0 Å². The van der Waals surface area contributed by atoms with Gasteiger partial charge < -0.3 is 14.4 Å². The summed E-state index contributed by atoms with van der Waals surface area (Å²) in [6, 6.07) is 14.2. The van der Waals surface area contributed by atoms with E-state index in [1.54, 1.807) is 26.0 Å². The molecule has 140 valence electrons. The van der Waals surface area contributed by atoms with Gasteiger partial charge in [0.05, 0.1) is 20.0 Å². The number of rotatable bonds is 9. The molecule has 0 atom stereocenters. The molecule has 0 bridgehead atoms. The molecule has 4 nitrogen and oxygen atoms in total. The molecule has 0 saturated carbocycles. The Kier molecular flexibility index (Phi) is 7.85. The van der Waals surface area contributed by atoms with Gasteiger partial charge in [0.2, 0.25) is 5.91 Å². The SMILES string of the molecule is CCN(Cc1ccc(OC)c(OC)c1)C(=O)CSCc1cccc(C)c1. The van der Waals surface area contributed by atoms with Gasteiger partial charge in [0, 0.05) is 18.8 Å². The molecule has 0 aliphatic heterocycles. The summed E-state index contributed by atoms with van der Waals surface area (Å²) in [4.78, 5) is 14.4. The first-order valence-electron chi connectivity index (χ1n) is 8.69. The second-order valence-corrected chi connectivity index (χ2v) is 7.06. The topological polar surface area (TPSA) is 38.8 Å². The molecule has 2 rings (SSSR count). The fourth-order valence-electron chi connectivity index (χ4n) is 2.73. The summed E-state index contributed by atoms with van der Waals surface area (Å²) < 4.78 is 10.6. The molecule has 0 unspecified atom stereocenters. The van der Waals surface area contributed by atoms with Crippen molar-refractivity contribution in [2.24, 2.45) is 0 Å². The van der Waals surface area contributed by atoms with Crippen LogP contribution in [0.15, 0.2) is 42.5 Å². The standard InChI is InChI=1S/C21H27NO3S/c1-5-22(13-17-9-10-19(24-3)20(12-17)25-4)21(23)15-26-14-18-8-6-7-16(2)11-18/h6-12H,5,13-15H2,1-4H3. The Labute approximate surface area is 160 Å². The zero-order valence-corrected chi connectivity index (χ0v) is 16.8. The Morgan fingerprint density at radius 3 is 2.46 bits per heavy atom. The molecule has 5 heteroatoms. The maximum atomic E-state index is 12.6. The van der Waals surface area contributed by atoms with E-state index >= 15 is 0 Å². The summed E-state index contributed by atoms with van der Waals surface area (Å²) in [5.41, 5.74) is 3.53. The van der Waals surface area contributed by atoms with Gasteiger partial charge in [-0.15, -0.1) is 11.8 Å². The third kappa shape index (κ3) is 5.70. The number of methoxy groups -OCH3 is 2. The van der Waals surface area contributed by atoms with Crippen molar-refractivity contribution in [1.29, 1.82) is 0 Å². The molecular weight excluding hydrogens is 346 g/mol. The van der Waals surface area contributed by atoms with Crippen molar-refractivity contribution in [3.8, 4) is 11.5 Å². The van der Waals surface area contributed by atoms with Crippen molar-refractivity contribution in [3.63, 3.8) is 0 Å². The number of ether oxygens (including phenoxy) is 2. The van der Waals surface area contributed by atoms with Gasteiger partial charge >= 0.3 is 0 Å². The fourth-order valence-corrected chi connectivity index (χ4v) is 3.60. The van der Waals surface area contributed by atoms with Crippen LogP contribution in [0.5, 0.6) is 11.5 Å². The van der Waals surface area contributed by atoms with Crippen LogP contribution in [-0.2, 0) is 17.1 Å². The first-order chi connectivity index (χ1) is 12.6. The molecule has 1 amide bonds. The first-order valence-corrected chi connectivity index (χ1v) is 9.84. The highest BCUT2D eigenvalue weighted by Crippen LogP contribution is 2.28. The summed E-state index contributed by atoms with van der Waals surface area (Å²) in [6.45, 7) is 5.34. The molecule has 0 saturated heterocycles. The molecule has 0 aliphatic carbocycles. The number of hydrogen-bond acceptors (Lipinski definition) is 4. The van der Waals surface area contributed by atoms with Crippen molar-refractivity contribution in [2.45, 2.75) is 26.1 Å². The van der Waals surface area contributed by atoms with Crippen molar-refractivity contribution in [1.82, 2.24) is 4.90 Å². The second kappa shape index (κ2) is 10.1. The molecule has 0 aromatic heterocycles. The van der Waals surface area contributed by atoms with Gasteiger partial charge in [-0.25, -0.2) is 0 Å². The third-order valence-electron chi connectivity index (χ3n) is 4.13. The lowest BCUT2D eigenvalue weighted by molar-refractivity contribution is -0.128. The largest absolute Gasteiger partial charge is 0.493 e. The van der Waals surface area contributed by atoms with E-state index in [0.717, 1.165) is 11.3 Å². The second-order valence-electron chi connectivity index (χ2n) is 6.08. The summed E-state index contributed by atoms with van der Waals surface area (Å²) in [7, 11) is 3.23.